The summed E-state index contributed by atoms with van der Waals surface area (Å²) >= 11 is 0. The number of Topliss-reactive ketones (excluding diaryl/α,β-unsaturated/α-hetero) is 1. The molecule has 2 heterocycles. The molecule has 7 heteroatoms. The fourth-order valence-corrected chi connectivity index (χ4v) is 2.54. The van der Waals surface area contributed by atoms with Crippen molar-refractivity contribution >= 4 is 28.4 Å². The number of amides is 1. The van der Waals surface area contributed by atoms with E-state index < -0.39 is 0 Å². The maximum absolute atomic E-state index is 12.1. The van der Waals surface area contributed by atoms with Gasteiger partial charge >= 0.3 is 0 Å². The number of anilines is 1. The van der Waals surface area contributed by atoms with E-state index >= 15 is 0 Å². The van der Waals surface area contributed by atoms with Crippen molar-refractivity contribution in [1.29, 1.82) is 0 Å². The van der Waals surface area contributed by atoms with Gasteiger partial charge in [-0.1, -0.05) is 12.1 Å². The molecule has 0 aliphatic rings. The maximum Gasteiger partial charge on any atom is 0.262 e. The molecule has 3 aromatic rings. The number of benzene rings is 1. The lowest BCUT2D eigenvalue weighted by atomic mass is 10.1. The van der Waals surface area contributed by atoms with Crippen LogP contribution in [0.1, 0.15) is 37.2 Å². The molecule has 0 aliphatic carbocycles. The Balaban J connectivity index is 1.64. The molecule has 1 amide bonds. The van der Waals surface area contributed by atoms with Crippen molar-refractivity contribution in [2.45, 2.75) is 26.8 Å². The lowest BCUT2D eigenvalue weighted by molar-refractivity contribution is -0.118. The van der Waals surface area contributed by atoms with Gasteiger partial charge in [0.05, 0.1) is 18.1 Å². The van der Waals surface area contributed by atoms with Crippen LogP contribution in [0.15, 0.2) is 42.7 Å². The number of aromatic nitrogens is 3. The summed E-state index contributed by atoms with van der Waals surface area (Å²) in [6.45, 7) is 5.38. The number of hydrogen-bond acceptors (Lipinski definition) is 5. The number of pyridine rings is 1. The van der Waals surface area contributed by atoms with Crippen LogP contribution in [0, 0.1) is 0 Å². The fraction of sp³-hybridized carbons (Fsp3) is 0.263. The van der Waals surface area contributed by atoms with E-state index in [-0.39, 0.29) is 24.3 Å². The third kappa shape index (κ3) is 3.88. The van der Waals surface area contributed by atoms with Crippen LogP contribution in [0.2, 0.25) is 0 Å². The number of ether oxygens (including phenoxy) is 1. The molecule has 0 fully saturated rings. The third-order valence-electron chi connectivity index (χ3n) is 3.82. The van der Waals surface area contributed by atoms with Crippen LogP contribution in [0.25, 0.3) is 11.0 Å². The summed E-state index contributed by atoms with van der Waals surface area (Å²) in [5, 5.41) is 7.91. The van der Waals surface area contributed by atoms with Gasteiger partial charge in [-0.05, 0) is 39.0 Å². The summed E-state index contributed by atoms with van der Waals surface area (Å²) in [5.74, 6) is 0.108. The zero-order valence-corrected chi connectivity index (χ0v) is 14.9. The van der Waals surface area contributed by atoms with Crippen LogP contribution < -0.4 is 10.1 Å². The van der Waals surface area contributed by atoms with E-state index in [1.807, 2.05) is 24.6 Å². The normalized spacial score (nSPS) is 10.9. The second-order valence-electron chi connectivity index (χ2n) is 6.24. The Morgan fingerprint density at radius 1 is 1.23 bits per heavy atom. The van der Waals surface area contributed by atoms with E-state index in [4.69, 9.17) is 4.74 Å². The van der Waals surface area contributed by atoms with Gasteiger partial charge in [-0.15, -0.1) is 0 Å². The highest BCUT2D eigenvalue weighted by Gasteiger charge is 2.10. The third-order valence-corrected chi connectivity index (χ3v) is 3.82. The molecule has 26 heavy (non-hydrogen) atoms. The molecule has 0 spiro atoms. The molecule has 0 bridgehead atoms. The van der Waals surface area contributed by atoms with Crippen molar-refractivity contribution in [1.82, 2.24) is 14.8 Å². The number of ketones is 1. The van der Waals surface area contributed by atoms with Gasteiger partial charge in [-0.3, -0.25) is 9.59 Å². The minimum absolute atomic E-state index is 0.0544. The zero-order chi connectivity index (χ0) is 18.7. The highest BCUT2D eigenvalue weighted by molar-refractivity contribution is 5.95. The Labute approximate surface area is 151 Å². The molecule has 0 aliphatic heterocycles. The van der Waals surface area contributed by atoms with Crippen LogP contribution in [0.5, 0.6) is 5.75 Å². The summed E-state index contributed by atoms with van der Waals surface area (Å²) < 4.78 is 7.28. The Hall–Kier alpha value is -3.22. The van der Waals surface area contributed by atoms with E-state index in [2.05, 4.69) is 15.4 Å². The van der Waals surface area contributed by atoms with Gasteiger partial charge in [0.2, 0.25) is 0 Å². The number of nitrogens with zero attached hydrogens (tertiary/aromatic N) is 3. The zero-order valence-electron chi connectivity index (χ0n) is 14.9. The average molecular weight is 352 g/mol. The van der Waals surface area contributed by atoms with Crippen molar-refractivity contribution in [3.05, 3.63) is 48.3 Å². The first-order chi connectivity index (χ1) is 12.4. The van der Waals surface area contributed by atoms with E-state index in [1.165, 1.54) is 6.92 Å². The molecule has 0 atom stereocenters. The van der Waals surface area contributed by atoms with E-state index in [0.717, 1.165) is 11.0 Å². The smallest absolute Gasteiger partial charge is 0.262 e. The number of rotatable bonds is 6. The largest absolute Gasteiger partial charge is 0.484 e. The molecule has 0 saturated heterocycles. The van der Waals surface area contributed by atoms with E-state index in [1.54, 1.807) is 36.7 Å². The number of carbonyl (C=O) groups excluding carboxylic acids is 2. The molecule has 1 aromatic carbocycles. The predicted molar refractivity (Wildman–Crippen MR) is 98.5 cm³/mol. The van der Waals surface area contributed by atoms with Crippen LogP contribution >= 0.6 is 0 Å². The fourth-order valence-electron chi connectivity index (χ4n) is 2.54. The molecule has 134 valence electrons. The lowest BCUT2D eigenvalue weighted by Gasteiger charge is -2.09. The van der Waals surface area contributed by atoms with Crippen molar-refractivity contribution < 1.29 is 14.3 Å². The van der Waals surface area contributed by atoms with E-state index in [9.17, 15) is 9.59 Å². The van der Waals surface area contributed by atoms with Crippen molar-refractivity contribution in [3.63, 3.8) is 0 Å². The van der Waals surface area contributed by atoms with Crippen molar-refractivity contribution in [2.75, 3.05) is 11.9 Å². The number of carbonyl (C=O) groups is 2. The quantitative estimate of drug-likeness (QED) is 0.688. The Morgan fingerprint density at radius 3 is 2.77 bits per heavy atom. The van der Waals surface area contributed by atoms with Crippen LogP contribution in [0.3, 0.4) is 0 Å². The first kappa shape index (κ1) is 17.6. The van der Waals surface area contributed by atoms with Crippen molar-refractivity contribution in [3.8, 4) is 5.75 Å². The molecule has 1 N–H and O–H groups in total. The molecule has 2 aromatic heterocycles. The summed E-state index contributed by atoms with van der Waals surface area (Å²) in [6.07, 6.45) is 3.32. The Kier molecular flexibility index (Phi) is 4.97. The lowest BCUT2D eigenvalue weighted by Crippen LogP contribution is -2.20. The molecular weight excluding hydrogens is 332 g/mol. The van der Waals surface area contributed by atoms with Crippen LogP contribution in [-0.4, -0.2) is 33.1 Å². The summed E-state index contributed by atoms with van der Waals surface area (Å²) in [4.78, 5) is 27.9. The van der Waals surface area contributed by atoms with Crippen LogP contribution in [0.4, 0.5) is 5.69 Å². The molecule has 0 saturated carbocycles. The monoisotopic (exact) mass is 352 g/mol. The summed E-state index contributed by atoms with van der Waals surface area (Å²) in [7, 11) is 0. The minimum Gasteiger partial charge on any atom is -0.484 e. The van der Waals surface area contributed by atoms with E-state index in [0.29, 0.717) is 17.0 Å². The van der Waals surface area contributed by atoms with Gasteiger partial charge in [0, 0.05) is 17.0 Å². The molecule has 7 nitrogen and oxygen atoms in total. The summed E-state index contributed by atoms with van der Waals surface area (Å²) in [5.41, 5.74) is 1.89. The van der Waals surface area contributed by atoms with Gasteiger partial charge < -0.3 is 10.1 Å². The van der Waals surface area contributed by atoms with Gasteiger partial charge in [-0.25, -0.2) is 9.67 Å². The highest BCUT2D eigenvalue weighted by atomic mass is 16.5. The molecule has 0 radical (unpaired) electrons. The first-order valence-electron chi connectivity index (χ1n) is 8.31. The first-order valence-corrected chi connectivity index (χ1v) is 8.31. The Bertz CT molecular complexity index is 962. The number of nitrogens with one attached hydrogen (secondary N) is 1. The number of hydrogen-bond donors (Lipinski definition) is 1. The average Bonchev–Trinajstić information content (AvgIpc) is 3.03. The van der Waals surface area contributed by atoms with Gasteiger partial charge in [0.15, 0.2) is 18.0 Å². The highest BCUT2D eigenvalue weighted by Crippen LogP contribution is 2.19. The maximum atomic E-state index is 12.1. The second kappa shape index (κ2) is 7.35. The Morgan fingerprint density at radius 2 is 2.04 bits per heavy atom. The standard InChI is InChI=1S/C19H20N4O3/c1-12(2)23-19-15(9-21-23)7-16(10-20-19)22-18(25)11-26-17-6-4-5-14(8-17)13(3)24/h4-10,12H,11H2,1-3H3,(H,22,25). The molecule has 3 rings (SSSR count). The number of fused-ring (bicyclic) bond motifs is 1. The predicted octanol–water partition coefficient (Wildman–Crippen LogP) is 3.23. The topological polar surface area (TPSA) is 86.1 Å². The molecule has 0 unspecified atom stereocenters. The van der Waals surface area contributed by atoms with Crippen molar-refractivity contribution in [2.24, 2.45) is 0 Å². The minimum atomic E-state index is -0.310. The second-order valence-corrected chi connectivity index (χ2v) is 6.24. The van der Waals surface area contributed by atoms with Gasteiger partial charge in [-0.2, -0.15) is 5.10 Å². The van der Waals surface area contributed by atoms with Gasteiger partial charge in [0.1, 0.15) is 5.75 Å². The summed E-state index contributed by atoms with van der Waals surface area (Å²) in [6, 6.07) is 8.76. The molecular formula is C19H20N4O3. The van der Waals surface area contributed by atoms with Gasteiger partial charge in [0.25, 0.3) is 5.91 Å². The SMILES string of the molecule is CC(=O)c1cccc(OCC(=O)Nc2cnc3c(cnn3C(C)C)c2)c1. The van der Waals surface area contributed by atoms with Crippen LogP contribution in [-0.2, 0) is 4.79 Å².